The summed E-state index contributed by atoms with van der Waals surface area (Å²) in [5.74, 6) is 0.446. The van der Waals surface area contributed by atoms with Gasteiger partial charge in [-0.3, -0.25) is 4.79 Å². The summed E-state index contributed by atoms with van der Waals surface area (Å²) in [7, 11) is 0. The van der Waals surface area contributed by atoms with E-state index in [-0.39, 0.29) is 17.7 Å². The van der Waals surface area contributed by atoms with Crippen LogP contribution in [-0.4, -0.2) is 34.3 Å². The van der Waals surface area contributed by atoms with Crippen molar-refractivity contribution in [3.63, 3.8) is 0 Å². The van der Waals surface area contributed by atoms with Crippen LogP contribution in [0.1, 0.15) is 6.92 Å². The molecule has 1 N–H and O–H groups in total. The van der Waals surface area contributed by atoms with Gasteiger partial charge in [-0.15, -0.1) is 0 Å². The van der Waals surface area contributed by atoms with Crippen molar-refractivity contribution >= 4 is 6.47 Å². The summed E-state index contributed by atoms with van der Waals surface area (Å²) >= 11 is 0. The molecule has 21 heavy (non-hydrogen) atoms. The molecule has 0 unspecified atom stereocenters. The van der Waals surface area contributed by atoms with Gasteiger partial charge in [0.2, 0.25) is 0 Å². The normalized spacial score (nSPS) is 15.5. The highest BCUT2D eigenvalue weighted by Gasteiger charge is 2.34. The van der Waals surface area contributed by atoms with Crippen molar-refractivity contribution in [3.05, 3.63) is 42.5 Å². The SMILES string of the molecule is CC1(Cn2ccnc2-c2ccccc2F)COC1.O=CO. The van der Waals surface area contributed by atoms with Crippen molar-refractivity contribution in [2.45, 2.75) is 13.5 Å². The molecule has 1 saturated heterocycles. The highest BCUT2D eigenvalue weighted by molar-refractivity contribution is 5.56. The quantitative estimate of drug-likeness (QED) is 0.882. The first-order valence-corrected chi connectivity index (χ1v) is 6.51. The van der Waals surface area contributed by atoms with Crippen molar-refractivity contribution in [1.82, 2.24) is 9.55 Å². The Morgan fingerprint density at radius 1 is 1.48 bits per heavy atom. The lowest BCUT2D eigenvalue weighted by molar-refractivity contribution is -0.122. The molecule has 0 atom stereocenters. The predicted molar refractivity (Wildman–Crippen MR) is 75.2 cm³/mol. The standard InChI is InChI=1S/C14H15FN2O.CH2O2/c1-14(9-18-10-14)8-17-7-6-16-13(17)11-4-2-3-5-12(11)15;2-1-3/h2-7H,8-10H2,1H3;1H,(H,2,3). The number of carbonyl (C=O) groups is 1. The van der Waals surface area contributed by atoms with Crippen LogP contribution in [0.2, 0.25) is 0 Å². The van der Waals surface area contributed by atoms with E-state index in [1.165, 1.54) is 6.07 Å². The number of nitrogens with zero attached hydrogens (tertiary/aromatic N) is 2. The first-order chi connectivity index (χ1) is 10.1. The molecule has 0 saturated carbocycles. The van der Waals surface area contributed by atoms with Crippen molar-refractivity contribution in [2.24, 2.45) is 5.41 Å². The number of ether oxygens (including phenoxy) is 1. The van der Waals surface area contributed by atoms with E-state index in [0.717, 1.165) is 19.8 Å². The molecule has 0 radical (unpaired) electrons. The fourth-order valence-electron chi connectivity index (χ4n) is 2.28. The highest BCUT2D eigenvalue weighted by atomic mass is 19.1. The lowest BCUT2D eigenvalue weighted by Gasteiger charge is -2.38. The largest absolute Gasteiger partial charge is 0.483 e. The van der Waals surface area contributed by atoms with E-state index in [4.69, 9.17) is 14.6 Å². The topological polar surface area (TPSA) is 64.4 Å². The zero-order valence-electron chi connectivity index (χ0n) is 11.7. The van der Waals surface area contributed by atoms with Crippen LogP contribution < -0.4 is 0 Å². The van der Waals surface area contributed by atoms with Gasteiger partial charge in [0, 0.05) is 24.4 Å². The van der Waals surface area contributed by atoms with Gasteiger partial charge in [0.1, 0.15) is 11.6 Å². The van der Waals surface area contributed by atoms with Crippen LogP contribution in [0.4, 0.5) is 4.39 Å². The molecular weight excluding hydrogens is 275 g/mol. The maximum atomic E-state index is 13.8. The maximum absolute atomic E-state index is 13.8. The fourth-order valence-corrected chi connectivity index (χ4v) is 2.28. The Morgan fingerprint density at radius 2 is 2.14 bits per heavy atom. The Bertz CT molecular complexity index is 608. The molecule has 0 aliphatic carbocycles. The van der Waals surface area contributed by atoms with Crippen molar-refractivity contribution < 1.29 is 19.0 Å². The molecule has 1 aliphatic heterocycles. The summed E-state index contributed by atoms with van der Waals surface area (Å²) in [5.41, 5.74) is 0.687. The van der Waals surface area contributed by atoms with E-state index < -0.39 is 0 Å². The van der Waals surface area contributed by atoms with E-state index in [9.17, 15) is 4.39 Å². The van der Waals surface area contributed by atoms with Crippen LogP contribution >= 0.6 is 0 Å². The molecule has 5 nitrogen and oxygen atoms in total. The van der Waals surface area contributed by atoms with Gasteiger partial charge < -0.3 is 14.4 Å². The fraction of sp³-hybridized carbons (Fsp3) is 0.333. The molecule has 1 aromatic heterocycles. The number of benzene rings is 1. The Morgan fingerprint density at radius 3 is 2.71 bits per heavy atom. The van der Waals surface area contributed by atoms with Crippen LogP contribution in [0.25, 0.3) is 11.4 Å². The zero-order chi connectivity index (χ0) is 15.3. The molecule has 1 aromatic carbocycles. The Balaban J connectivity index is 0.000000497. The second-order valence-corrected chi connectivity index (χ2v) is 5.27. The minimum absolute atomic E-state index is 0.140. The van der Waals surface area contributed by atoms with Crippen LogP contribution in [0.15, 0.2) is 36.7 Å². The second kappa shape index (κ2) is 6.49. The van der Waals surface area contributed by atoms with Gasteiger partial charge in [-0.05, 0) is 12.1 Å². The van der Waals surface area contributed by atoms with Crippen LogP contribution in [0.5, 0.6) is 0 Å². The average Bonchev–Trinajstić information content (AvgIpc) is 2.86. The minimum Gasteiger partial charge on any atom is -0.483 e. The van der Waals surface area contributed by atoms with Crippen molar-refractivity contribution in [1.29, 1.82) is 0 Å². The smallest absolute Gasteiger partial charge is 0.290 e. The van der Waals surface area contributed by atoms with Gasteiger partial charge >= 0.3 is 0 Å². The number of hydrogen-bond donors (Lipinski definition) is 1. The third kappa shape index (κ3) is 3.46. The summed E-state index contributed by atoms with van der Waals surface area (Å²) in [4.78, 5) is 12.6. The molecule has 3 rings (SSSR count). The monoisotopic (exact) mass is 292 g/mol. The van der Waals surface area contributed by atoms with Gasteiger partial charge in [-0.25, -0.2) is 9.37 Å². The lowest BCUT2D eigenvalue weighted by atomic mass is 9.88. The zero-order valence-corrected chi connectivity index (χ0v) is 11.7. The van der Waals surface area contributed by atoms with E-state index in [2.05, 4.69) is 11.9 Å². The Kier molecular flexibility index (Phi) is 4.70. The molecule has 0 bridgehead atoms. The van der Waals surface area contributed by atoms with Gasteiger partial charge in [0.25, 0.3) is 6.47 Å². The molecule has 1 aliphatic rings. The van der Waals surface area contributed by atoms with Crippen molar-refractivity contribution in [2.75, 3.05) is 13.2 Å². The van der Waals surface area contributed by atoms with E-state index in [1.54, 1.807) is 18.3 Å². The molecule has 1 fully saturated rings. The predicted octanol–water partition coefficient (Wildman–Crippen LogP) is 2.43. The van der Waals surface area contributed by atoms with Crippen molar-refractivity contribution in [3.8, 4) is 11.4 Å². The first-order valence-electron chi connectivity index (χ1n) is 6.51. The number of aromatic nitrogens is 2. The maximum Gasteiger partial charge on any atom is 0.290 e. The highest BCUT2D eigenvalue weighted by Crippen LogP contribution is 2.31. The third-order valence-corrected chi connectivity index (χ3v) is 3.28. The van der Waals surface area contributed by atoms with Gasteiger partial charge in [0.15, 0.2) is 0 Å². The van der Waals surface area contributed by atoms with Crippen LogP contribution in [0, 0.1) is 11.2 Å². The molecular formula is C15H17FN2O3. The molecule has 6 heteroatoms. The molecule has 2 heterocycles. The summed E-state index contributed by atoms with van der Waals surface area (Å²) in [6.07, 6.45) is 3.61. The first kappa shape index (κ1) is 15.2. The number of hydrogen-bond acceptors (Lipinski definition) is 3. The van der Waals surface area contributed by atoms with Crippen LogP contribution in [0.3, 0.4) is 0 Å². The van der Waals surface area contributed by atoms with E-state index in [0.29, 0.717) is 11.4 Å². The second-order valence-electron chi connectivity index (χ2n) is 5.27. The number of carboxylic acid groups (broad SMARTS) is 1. The summed E-state index contributed by atoms with van der Waals surface area (Å²) in [6, 6.07) is 6.73. The van der Waals surface area contributed by atoms with E-state index in [1.807, 2.05) is 16.8 Å². The number of imidazole rings is 1. The Labute approximate surface area is 122 Å². The summed E-state index contributed by atoms with van der Waals surface area (Å²) < 4.78 is 21.0. The lowest BCUT2D eigenvalue weighted by Crippen LogP contribution is -2.43. The molecule has 112 valence electrons. The number of rotatable bonds is 3. The Hall–Kier alpha value is -2.21. The summed E-state index contributed by atoms with van der Waals surface area (Å²) in [6.45, 7) is 4.22. The van der Waals surface area contributed by atoms with E-state index >= 15 is 0 Å². The van der Waals surface area contributed by atoms with Gasteiger partial charge in [0.05, 0.1) is 18.8 Å². The van der Waals surface area contributed by atoms with Gasteiger partial charge in [-0.1, -0.05) is 19.1 Å². The molecule has 0 amide bonds. The average molecular weight is 292 g/mol. The molecule has 0 spiro atoms. The third-order valence-electron chi connectivity index (χ3n) is 3.28. The van der Waals surface area contributed by atoms with Crippen LogP contribution in [-0.2, 0) is 16.1 Å². The van der Waals surface area contributed by atoms with Gasteiger partial charge in [-0.2, -0.15) is 0 Å². The minimum atomic E-state index is -0.250. The number of halogens is 1. The molecule has 2 aromatic rings. The summed E-state index contributed by atoms with van der Waals surface area (Å²) in [5, 5.41) is 6.89.